The van der Waals surface area contributed by atoms with Crippen LogP contribution in [0.4, 0.5) is 0 Å². The van der Waals surface area contributed by atoms with Gasteiger partial charge in [-0.05, 0) is 44.1 Å². The van der Waals surface area contributed by atoms with Crippen LogP contribution in [0, 0.1) is 5.92 Å². The van der Waals surface area contributed by atoms with Crippen molar-refractivity contribution in [1.82, 2.24) is 15.2 Å². The van der Waals surface area contributed by atoms with Crippen molar-refractivity contribution in [3.8, 4) is 11.5 Å². The number of rotatable bonds is 5. The summed E-state index contributed by atoms with van der Waals surface area (Å²) in [5, 5.41) is 3.17. The summed E-state index contributed by atoms with van der Waals surface area (Å²) in [6.07, 6.45) is 2.65. The van der Waals surface area contributed by atoms with E-state index in [1.54, 1.807) is 18.3 Å². The fourth-order valence-corrected chi connectivity index (χ4v) is 2.85. The Morgan fingerprint density at radius 2 is 2.13 bits per heavy atom. The molecular formula is C18H21N3O2. The molecule has 23 heavy (non-hydrogen) atoms. The van der Waals surface area contributed by atoms with Crippen molar-refractivity contribution in [1.29, 1.82) is 0 Å². The van der Waals surface area contributed by atoms with E-state index < -0.39 is 0 Å². The average Bonchev–Trinajstić information content (AvgIpc) is 3.04. The molecule has 1 N–H and O–H groups in total. The Morgan fingerprint density at radius 3 is 2.91 bits per heavy atom. The summed E-state index contributed by atoms with van der Waals surface area (Å²) in [5.41, 5.74) is 0.434. The highest BCUT2D eigenvalue weighted by Gasteiger charge is 2.27. The number of carbonyl (C=O) groups excluding carboxylic acids is 1. The van der Waals surface area contributed by atoms with Crippen molar-refractivity contribution in [2.45, 2.75) is 6.42 Å². The second-order valence-corrected chi connectivity index (χ2v) is 5.76. The van der Waals surface area contributed by atoms with Gasteiger partial charge in [0.25, 0.3) is 5.91 Å². The van der Waals surface area contributed by atoms with Gasteiger partial charge in [0.05, 0.1) is 0 Å². The summed E-state index contributed by atoms with van der Waals surface area (Å²) >= 11 is 0. The molecule has 1 aromatic carbocycles. The van der Waals surface area contributed by atoms with Crippen LogP contribution in [0.25, 0.3) is 0 Å². The number of para-hydroxylation sites is 1. The molecule has 0 bridgehead atoms. The van der Waals surface area contributed by atoms with Gasteiger partial charge in [-0.3, -0.25) is 9.78 Å². The molecule has 3 rings (SSSR count). The maximum atomic E-state index is 12.6. The molecule has 2 aromatic rings. The van der Waals surface area contributed by atoms with E-state index in [1.165, 1.54) is 0 Å². The van der Waals surface area contributed by atoms with Crippen molar-refractivity contribution in [3.05, 3.63) is 54.4 Å². The number of hydrogen-bond donors (Lipinski definition) is 1. The third kappa shape index (κ3) is 3.87. The number of pyridine rings is 1. The van der Waals surface area contributed by atoms with E-state index in [0.717, 1.165) is 31.8 Å². The largest absolute Gasteiger partial charge is 0.457 e. The predicted octanol–water partition coefficient (Wildman–Crippen LogP) is 2.56. The summed E-state index contributed by atoms with van der Waals surface area (Å²) in [6.45, 7) is 2.51. The number of ether oxygens (including phenoxy) is 1. The zero-order valence-electron chi connectivity index (χ0n) is 13.2. The molecule has 0 aliphatic carbocycles. The highest BCUT2D eigenvalue weighted by Crippen LogP contribution is 2.23. The maximum Gasteiger partial charge on any atom is 0.272 e. The van der Waals surface area contributed by atoms with Gasteiger partial charge in [-0.1, -0.05) is 18.2 Å². The second kappa shape index (κ2) is 7.24. The van der Waals surface area contributed by atoms with Gasteiger partial charge >= 0.3 is 0 Å². The van der Waals surface area contributed by atoms with Crippen molar-refractivity contribution in [2.75, 3.05) is 26.7 Å². The number of benzene rings is 1. The van der Waals surface area contributed by atoms with Crippen LogP contribution in [0.3, 0.4) is 0 Å². The molecule has 5 nitrogen and oxygen atoms in total. The molecular weight excluding hydrogens is 290 g/mol. The number of nitrogens with zero attached hydrogens (tertiary/aromatic N) is 2. The van der Waals surface area contributed by atoms with Crippen molar-refractivity contribution >= 4 is 5.91 Å². The number of carbonyl (C=O) groups is 1. The highest BCUT2D eigenvalue weighted by atomic mass is 16.5. The number of hydrogen-bond acceptors (Lipinski definition) is 4. The Labute approximate surface area is 136 Å². The first-order chi connectivity index (χ1) is 11.3. The summed E-state index contributed by atoms with van der Waals surface area (Å²) in [4.78, 5) is 18.7. The Bertz CT molecular complexity index is 660. The van der Waals surface area contributed by atoms with Crippen molar-refractivity contribution in [2.24, 2.45) is 5.92 Å². The third-order valence-corrected chi connectivity index (χ3v) is 4.00. The molecule has 1 amide bonds. The van der Waals surface area contributed by atoms with Crippen molar-refractivity contribution < 1.29 is 9.53 Å². The van der Waals surface area contributed by atoms with Crippen molar-refractivity contribution in [3.63, 3.8) is 0 Å². The topological polar surface area (TPSA) is 54.5 Å². The minimum Gasteiger partial charge on any atom is -0.457 e. The van der Waals surface area contributed by atoms with Gasteiger partial charge in [0, 0.05) is 25.4 Å². The molecule has 0 saturated carbocycles. The Balaban J connectivity index is 1.68. The lowest BCUT2D eigenvalue weighted by Crippen LogP contribution is -2.30. The van der Waals surface area contributed by atoms with Crippen LogP contribution < -0.4 is 10.1 Å². The predicted molar refractivity (Wildman–Crippen MR) is 88.7 cm³/mol. The van der Waals surface area contributed by atoms with Crippen LogP contribution in [0.1, 0.15) is 16.9 Å². The molecule has 2 heterocycles. The molecule has 1 aromatic heterocycles. The van der Waals surface area contributed by atoms with Gasteiger partial charge in [0.2, 0.25) is 0 Å². The number of nitrogens with one attached hydrogen (secondary N) is 1. The van der Waals surface area contributed by atoms with E-state index in [4.69, 9.17) is 4.74 Å². The van der Waals surface area contributed by atoms with E-state index in [2.05, 4.69) is 10.3 Å². The smallest absolute Gasteiger partial charge is 0.272 e. The van der Waals surface area contributed by atoms with Gasteiger partial charge in [0.1, 0.15) is 17.2 Å². The summed E-state index contributed by atoms with van der Waals surface area (Å²) in [7, 11) is 1.94. The van der Waals surface area contributed by atoms with E-state index in [9.17, 15) is 4.79 Å². The number of aromatic nitrogens is 1. The molecule has 1 fully saturated rings. The van der Waals surface area contributed by atoms with E-state index in [-0.39, 0.29) is 5.91 Å². The minimum absolute atomic E-state index is 0.0258. The zero-order chi connectivity index (χ0) is 16.1. The van der Waals surface area contributed by atoms with Gasteiger partial charge in [-0.2, -0.15) is 0 Å². The van der Waals surface area contributed by atoms with E-state index in [1.807, 2.05) is 42.3 Å². The highest BCUT2D eigenvalue weighted by molar-refractivity contribution is 5.92. The molecule has 0 unspecified atom stereocenters. The lowest BCUT2D eigenvalue weighted by molar-refractivity contribution is 0.0781. The van der Waals surface area contributed by atoms with Crippen LogP contribution in [-0.2, 0) is 0 Å². The summed E-state index contributed by atoms with van der Waals surface area (Å²) in [5.74, 6) is 1.86. The second-order valence-electron chi connectivity index (χ2n) is 5.76. The van der Waals surface area contributed by atoms with Crippen LogP contribution >= 0.6 is 0 Å². The fraction of sp³-hybridized carbons (Fsp3) is 0.333. The van der Waals surface area contributed by atoms with Gasteiger partial charge in [-0.15, -0.1) is 0 Å². The Hall–Kier alpha value is -2.40. The normalized spacial score (nSPS) is 17.3. The fourth-order valence-electron chi connectivity index (χ4n) is 2.85. The molecule has 1 aliphatic rings. The zero-order valence-corrected chi connectivity index (χ0v) is 13.2. The number of likely N-dealkylation sites (tertiary alicyclic amines) is 1. The van der Waals surface area contributed by atoms with Gasteiger partial charge in [-0.25, -0.2) is 0 Å². The summed E-state index contributed by atoms with van der Waals surface area (Å²) in [6, 6.07) is 13.0. The average molecular weight is 311 g/mol. The third-order valence-electron chi connectivity index (χ3n) is 4.00. The van der Waals surface area contributed by atoms with Crippen LogP contribution in [-0.4, -0.2) is 42.5 Å². The van der Waals surface area contributed by atoms with Crippen LogP contribution in [0.5, 0.6) is 11.5 Å². The quantitative estimate of drug-likeness (QED) is 0.922. The first-order valence-corrected chi connectivity index (χ1v) is 7.89. The van der Waals surface area contributed by atoms with Crippen LogP contribution in [0.2, 0.25) is 0 Å². The lowest BCUT2D eigenvalue weighted by atomic mass is 10.1. The molecule has 0 spiro atoms. The van der Waals surface area contributed by atoms with Gasteiger partial charge in [0.15, 0.2) is 0 Å². The first kappa shape index (κ1) is 15.5. The van der Waals surface area contributed by atoms with Crippen LogP contribution in [0.15, 0.2) is 48.7 Å². The molecule has 5 heteroatoms. The SMILES string of the molecule is CNC[C@H]1CCN(C(=O)c2cc(Oc3ccccc3)ccn2)C1. The summed E-state index contributed by atoms with van der Waals surface area (Å²) < 4.78 is 5.77. The van der Waals surface area contributed by atoms with E-state index in [0.29, 0.717) is 17.4 Å². The maximum absolute atomic E-state index is 12.6. The Kier molecular flexibility index (Phi) is 4.88. The molecule has 1 saturated heterocycles. The molecule has 120 valence electrons. The number of amides is 1. The van der Waals surface area contributed by atoms with E-state index >= 15 is 0 Å². The molecule has 1 aliphatic heterocycles. The minimum atomic E-state index is -0.0258. The van der Waals surface area contributed by atoms with Gasteiger partial charge < -0.3 is 15.0 Å². The first-order valence-electron chi connectivity index (χ1n) is 7.89. The molecule has 0 radical (unpaired) electrons. The Morgan fingerprint density at radius 1 is 1.30 bits per heavy atom. The lowest BCUT2D eigenvalue weighted by Gasteiger charge is -2.16. The standard InChI is InChI=1S/C18H21N3O2/c1-19-12-14-8-10-21(13-14)18(22)17-11-16(7-9-20-17)23-15-5-3-2-4-6-15/h2-7,9,11,14,19H,8,10,12-13H2,1H3/t14-/m1/s1. The monoisotopic (exact) mass is 311 g/mol. The molecule has 1 atom stereocenters.